The zero-order chi connectivity index (χ0) is 26.6. The van der Waals surface area contributed by atoms with Crippen molar-refractivity contribution >= 4 is 34.6 Å². The van der Waals surface area contributed by atoms with Crippen molar-refractivity contribution in [1.82, 2.24) is 15.0 Å². The standard InChI is InChI=1S/C24H18F4N6O2S/c25-19-11-16(3-4-21(19)36-9-5-15-13-30-6-7-31-15)33-8-1-2-22(35)34(23(33)37)17-10-18(24(26,27)28)20(12-29)32-14-17/h3-4,6-7,10-11,13-14H,1-2,5,8-9H2. The van der Waals surface area contributed by atoms with Crippen LogP contribution in [0.25, 0.3) is 0 Å². The molecule has 2 aromatic heterocycles. The van der Waals surface area contributed by atoms with E-state index in [1.165, 1.54) is 29.3 Å². The lowest BCUT2D eigenvalue weighted by molar-refractivity contribution is -0.138. The first kappa shape index (κ1) is 25.9. The summed E-state index contributed by atoms with van der Waals surface area (Å²) in [5, 5.41) is 8.86. The third kappa shape index (κ3) is 5.80. The number of benzene rings is 1. The molecular weight excluding hydrogens is 512 g/mol. The second-order valence-corrected chi connectivity index (χ2v) is 8.24. The smallest absolute Gasteiger partial charge is 0.419 e. The Labute approximate surface area is 214 Å². The molecule has 0 saturated carbocycles. The number of nitrogens with zero attached hydrogens (tertiary/aromatic N) is 6. The summed E-state index contributed by atoms with van der Waals surface area (Å²) in [6, 6.07) is 6.19. The fraction of sp³-hybridized carbons (Fsp3) is 0.250. The number of thiocarbonyl (C=S) groups is 1. The Morgan fingerprint density at radius 3 is 2.62 bits per heavy atom. The lowest BCUT2D eigenvalue weighted by Gasteiger charge is -2.30. The number of alkyl halides is 3. The Balaban J connectivity index is 1.57. The molecule has 0 atom stereocenters. The second kappa shape index (κ2) is 10.8. The van der Waals surface area contributed by atoms with Crippen molar-refractivity contribution in [1.29, 1.82) is 5.26 Å². The van der Waals surface area contributed by atoms with Crippen LogP contribution in [0, 0.1) is 17.1 Å². The first-order valence-corrected chi connectivity index (χ1v) is 11.4. The molecule has 0 radical (unpaired) electrons. The van der Waals surface area contributed by atoms with Crippen LogP contribution in [0.5, 0.6) is 5.75 Å². The summed E-state index contributed by atoms with van der Waals surface area (Å²) >= 11 is 5.46. The Kier molecular flexibility index (Phi) is 7.58. The van der Waals surface area contributed by atoms with Crippen LogP contribution in [-0.2, 0) is 17.4 Å². The van der Waals surface area contributed by atoms with E-state index in [4.69, 9.17) is 22.2 Å². The number of carbonyl (C=O) groups excluding carboxylic acids is 1. The zero-order valence-electron chi connectivity index (χ0n) is 19.1. The molecule has 0 aliphatic carbocycles. The van der Waals surface area contributed by atoms with Crippen LogP contribution >= 0.6 is 12.2 Å². The second-order valence-electron chi connectivity index (χ2n) is 7.88. The van der Waals surface area contributed by atoms with Gasteiger partial charge < -0.3 is 9.64 Å². The molecule has 13 heteroatoms. The fourth-order valence-electron chi connectivity index (χ4n) is 3.70. The lowest BCUT2D eigenvalue weighted by atomic mass is 10.1. The van der Waals surface area contributed by atoms with E-state index in [0.29, 0.717) is 30.3 Å². The number of rotatable bonds is 6. The Morgan fingerprint density at radius 2 is 1.95 bits per heavy atom. The van der Waals surface area contributed by atoms with E-state index in [1.807, 2.05) is 0 Å². The largest absolute Gasteiger partial charge is 0.490 e. The van der Waals surface area contributed by atoms with Crippen molar-refractivity contribution in [2.45, 2.75) is 25.4 Å². The minimum Gasteiger partial charge on any atom is -0.490 e. The van der Waals surface area contributed by atoms with Gasteiger partial charge in [0.25, 0.3) is 0 Å². The molecule has 1 aliphatic rings. The lowest BCUT2D eigenvalue weighted by Crippen LogP contribution is -2.44. The molecule has 0 unspecified atom stereocenters. The first-order chi connectivity index (χ1) is 17.7. The molecule has 8 nitrogen and oxygen atoms in total. The quantitative estimate of drug-likeness (QED) is 0.341. The van der Waals surface area contributed by atoms with Crippen LogP contribution in [0.1, 0.15) is 29.8 Å². The molecule has 1 aliphatic heterocycles. The topological polar surface area (TPSA) is 95.2 Å². The van der Waals surface area contributed by atoms with Gasteiger partial charge >= 0.3 is 6.18 Å². The predicted molar refractivity (Wildman–Crippen MR) is 128 cm³/mol. The number of aromatic nitrogens is 3. The van der Waals surface area contributed by atoms with Gasteiger partial charge in [-0.05, 0) is 36.8 Å². The van der Waals surface area contributed by atoms with Crippen LogP contribution in [0.15, 0.2) is 49.1 Å². The van der Waals surface area contributed by atoms with Crippen LogP contribution < -0.4 is 14.5 Å². The number of halogens is 4. The molecule has 1 amide bonds. The number of pyridine rings is 1. The molecule has 4 rings (SSSR count). The first-order valence-electron chi connectivity index (χ1n) is 11.0. The number of carbonyl (C=O) groups is 1. The fourth-order valence-corrected chi connectivity index (χ4v) is 4.10. The number of hydrogen-bond donors (Lipinski definition) is 0. The van der Waals surface area contributed by atoms with Crippen molar-refractivity contribution < 1.29 is 27.1 Å². The third-order valence-corrected chi connectivity index (χ3v) is 5.85. The molecule has 1 fully saturated rings. The molecule has 190 valence electrons. The number of anilines is 2. The third-order valence-electron chi connectivity index (χ3n) is 5.45. The zero-order valence-corrected chi connectivity index (χ0v) is 19.9. The summed E-state index contributed by atoms with van der Waals surface area (Å²) in [6.07, 6.45) is 1.51. The highest BCUT2D eigenvalue weighted by Crippen LogP contribution is 2.35. The van der Waals surface area contributed by atoms with Crippen molar-refractivity contribution in [2.24, 2.45) is 0 Å². The summed E-state index contributed by atoms with van der Waals surface area (Å²) in [7, 11) is 0. The van der Waals surface area contributed by atoms with Gasteiger partial charge in [-0.25, -0.2) is 9.37 Å². The molecule has 0 spiro atoms. The van der Waals surface area contributed by atoms with Gasteiger partial charge in [0.15, 0.2) is 22.4 Å². The molecule has 3 aromatic rings. The van der Waals surface area contributed by atoms with Gasteiger partial charge in [-0.15, -0.1) is 0 Å². The number of hydrogen-bond acceptors (Lipinski definition) is 7. The minimum atomic E-state index is -4.86. The van der Waals surface area contributed by atoms with E-state index < -0.39 is 29.2 Å². The summed E-state index contributed by atoms with van der Waals surface area (Å²) in [5.74, 6) is -1.23. The summed E-state index contributed by atoms with van der Waals surface area (Å²) in [6.45, 7) is 0.385. The van der Waals surface area contributed by atoms with Gasteiger partial charge in [-0.2, -0.15) is 18.4 Å². The van der Waals surface area contributed by atoms with Gasteiger partial charge in [0.2, 0.25) is 5.91 Å². The highest BCUT2D eigenvalue weighted by atomic mass is 32.1. The van der Waals surface area contributed by atoms with E-state index in [0.717, 1.165) is 11.1 Å². The summed E-state index contributed by atoms with van der Waals surface area (Å²) in [5.41, 5.74) is -1.37. The monoisotopic (exact) mass is 530 g/mol. The van der Waals surface area contributed by atoms with Crippen LogP contribution in [0.2, 0.25) is 0 Å². The van der Waals surface area contributed by atoms with Gasteiger partial charge in [-0.1, -0.05) is 0 Å². The van der Waals surface area contributed by atoms with E-state index in [2.05, 4.69) is 15.0 Å². The number of nitriles is 1. The molecule has 1 saturated heterocycles. The SMILES string of the molecule is N#Cc1ncc(N2C(=O)CCCN(c3ccc(OCCc4cnccn4)c(F)c3)C2=S)cc1C(F)(F)F. The highest BCUT2D eigenvalue weighted by Gasteiger charge is 2.37. The van der Waals surface area contributed by atoms with E-state index >= 15 is 0 Å². The molecule has 0 bridgehead atoms. The van der Waals surface area contributed by atoms with Gasteiger partial charge in [0.05, 0.1) is 29.7 Å². The molecule has 37 heavy (non-hydrogen) atoms. The molecular formula is C24H18F4N6O2S. The molecule has 3 heterocycles. The average Bonchev–Trinajstić information content (AvgIpc) is 3.02. The summed E-state index contributed by atoms with van der Waals surface area (Å²) in [4.78, 5) is 26.8. The maximum atomic E-state index is 14.9. The Bertz CT molecular complexity index is 1360. The van der Waals surface area contributed by atoms with Crippen molar-refractivity contribution in [3.05, 3.63) is 71.8 Å². The number of amides is 1. The predicted octanol–water partition coefficient (Wildman–Crippen LogP) is 4.44. The van der Waals surface area contributed by atoms with Crippen LogP contribution in [0.4, 0.5) is 28.9 Å². The van der Waals surface area contributed by atoms with E-state index in [-0.39, 0.29) is 36.1 Å². The Hall–Kier alpha value is -4.18. The van der Waals surface area contributed by atoms with Gasteiger partial charge in [0.1, 0.15) is 6.07 Å². The minimum absolute atomic E-state index is 0.00701. The maximum Gasteiger partial charge on any atom is 0.419 e. The van der Waals surface area contributed by atoms with Crippen LogP contribution in [0.3, 0.4) is 0 Å². The van der Waals surface area contributed by atoms with Crippen LogP contribution in [-0.4, -0.2) is 39.1 Å². The van der Waals surface area contributed by atoms with Gasteiger partial charge in [0, 0.05) is 49.7 Å². The Morgan fingerprint density at radius 1 is 1.14 bits per heavy atom. The van der Waals surface area contributed by atoms with Crippen molar-refractivity contribution in [2.75, 3.05) is 23.0 Å². The maximum absolute atomic E-state index is 14.9. The van der Waals surface area contributed by atoms with E-state index in [9.17, 15) is 22.4 Å². The van der Waals surface area contributed by atoms with Crippen molar-refractivity contribution in [3.8, 4) is 11.8 Å². The number of ether oxygens (including phenoxy) is 1. The molecule has 0 N–H and O–H groups in total. The normalized spacial score (nSPS) is 14.4. The highest BCUT2D eigenvalue weighted by molar-refractivity contribution is 7.81. The van der Waals surface area contributed by atoms with Crippen molar-refractivity contribution in [3.63, 3.8) is 0 Å². The summed E-state index contributed by atoms with van der Waals surface area (Å²) < 4.78 is 60.8. The molecule has 1 aromatic carbocycles. The van der Waals surface area contributed by atoms with Gasteiger partial charge in [-0.3, -0.25) is 19.7 Å². The average molecular weight is 531 g/mol. The van der Waals surface area contributed by atoms with E-state index in [1.54, 1.807) is 18.5 Å².